The molecule has 1 unspecified atom stereocenters. The summed E-state index contributed by atoms with van der Waals surface area (Å²) in [5, 5.41) is 8.59. The van der Waals surface area contributed by atoms with Gasteiger partial charge in [-0.25, -0.2) is 0 Å². The molecule has 1 N–H and O–H groups in total. The van der Waals surface area contributed by atoms with E-state index in [-0.39, 0.29) is 0 Å². The Labute approximate surface area is 86.1 Å². The van der Waals surface area contributed by atoms with E-state index in [1.54, 1.807) is 0 Å². The quantitative estimate of drug-likeness (QED) is 0.681. The van der Waals surface area contributed by atoms with Gasteiger partial charge in [0.25, 0.3) is 0 Å². The lowest BCUT2D eigenvalue weighted by Gasteiger charge is -2.27. The molecule has 1 saturated carbocycles. The molecule has 0 aromatic rings. The summed E-state index contributed by atoms with van der Waals surface area (Å²) >= 11 is 0. The second-order valence-electron chi connectivity index (χ2n) is 4.31. The highest BCUT2D eigenvalue weighted by atomic mass is 16.4. The smallest absolute Gasteiger partial charge is 0.303 e. The molecule has 0 radical (unpaired) electrons. The molecule has 1 fully saturated rings. The van der Waals surface area contributed by atoms with Crippen LogP contribution in [0.1, 0.15) is 39.5 Å². The lowest BCUT2D eigenvalue weighted by molar-refractivity contribution is -0.137. The summed E-state index contributed by atoms with van der Waals surface area (Å²) < 4.78 is 0. The molecule has 0 spiro atoms. The van der Waals surface area contributed by atoms with E-state index in [0.717, 1.165) is 25.4 Å². The zero-order valence-corrected chi connectivity index (χ0v) is 9.20. The molecule has 3 heteroatoms. The van der Waals surface area contributed by atoms with Crippen LogP contribution < -0.4 is 0 Å². The highest BCUT2D eigenvalue weighted by molar-refractivity contribution is 5.66. The lowest BCUT2D eigenvalue weighted by atomic mass is 10.1. The first-order chi connectivity index (χ1) is 6.63. The Bertz CT molecular complexity index is 190. The van der Waals surface area contributed by atoms with E-state index in [2.05, 4.69) is 18.7 Å². The standard InChI is InChI=1S/C11H21NO2/c1-3-12(8-10-5-6-10)9(2)4-7-11(13)14/h9-10H,3-8H2,1-2H3,(H,13,14). The minimum atomic E-state index is -0.681. The fourth-order valence-electron chi connectivity index (χ4n) is 1.77. The Kier molecular flexibility index (Phi) is 4.39. The van der Waals surface area contributed by atoms with Crippen LogP contribution in [0.5, 0.6) is 0 Å². The number of carbonyl (C=O) groups is 1. The Balaban J connectivity index is 2.22. The molecule has 1 atom stereocenters. The van der Waals surface area contributed by atoms with Crippen LogP contribution >= 0.6 is 0 Å². The van der Waals surface area contributed by atoms with E-state index in [0.29, 0.717) is 12.5 Å². The molecule has 82 valence electrons. The molecule has 0 saturated heterocycles. The van der Waals surface area contributed by atoms with E-state index in [9.17, 15) is 4.79 Å². The monoisotopic (exact) mass is 199 g/mol. The first-order valence-electron chi connectivity index (χ1n) is 5.59. The van der Waals surface area contributed by atoms with E-state index >= 15 is 0 Å². The van der Waals surface area contributed by atoms with Crippen LogP contribution in [0.15, 0.2) is 0 Å². The number of aliphatic carboxylic acids is 1. The Morgan fingerprint density at radius 1 is 1.57 bits per heavy atom. The molecule has 0 amide bonds. The van der Waals surface area contributed by atoms with Crippen molar-refractivity contribution in [3.8, 4) is 0 Å². The van der Waals surface area contributed by atoms with E-state index in [1.807, 2.05) is 0 Å². The van der Waals surface area contributed by atoms with Gasteiger partial charge >= 0.3 is 5.97 Å². The molecule has 14 heavy (non-hydrogen) atoms. The summed E-state index contributed by atoms with van der Waals surface area (Å²) in [6.45, 7) is 6.49. The number of hydrogen-bond donors (Lipinski definition) is 1. The van der Waals surface area contributed by atoms with Gasteiger partial charge in [0.05, 0.1) is 0 Å². The normalized spacial score (nSPS) is 18.5. The largest absolute Gasteiger partial charge is 0.481 e. The van der Waals surface area contributed by atoms with Crippen molar-refractivity contribution in [1.82, 2.24) is 4.90 Å². The van der Waals surface area contributed by atoms with Gasteiger partial charge in [0.15, 0.2) is 0 Å². The second-order valence-corrected chi connectivity index (χ2v) is 4.31. The summed E-state index contributed by atoms with van der Waals surface area (Å²) in [5.74, 6) is 0.210. The van der Waals surface area contributed by atoms with Crippen LogP contribution in [0.3, 0.4) is 0 Å². The number of carboxylic acid groups (broad SMARTS) is 1. The minimum Gasteiger partial charge on any atom is -0.481 e. The Morgan fingerprint density at radius 2 is 2.21 bits per heavy atom. The van der Waals surface area contributed by atoms with Crippen molar-refractivity contribution < 1.29 is 9.90 Å². The molecule has 0 aliphatic heterocycles. The number of nitrogens with zero attached hydrogens (tertiary/aromatic N) is 1. The molecule has 1 rings (SSSR count). The summed E-state index contributed by atoms with van der Waals surface area (Å²) in [4.78, 5) is 12.8. The number of hydrogen-bond acceptors (Lipinski definition) is 2. The Morgan fingerprint density at radius 3 is 2.64 bits per heavy atom. The van der Waals surface area contributed by atoms with E-state index < -0.39 is 5.97 Å². The average Bonchev–Trinajstić information content (AvgIpc) is 2.93. The molecular weight excluding hydrogens is 178 g/mol. The van der Waals surface area contributed by atoms with Gasteiger partial charge in [-0.15, -0.1) is 0 Å². The first kappa shape index (κ1) is 11.5. The molecule has 0 aromatic carbocycles. The highest BCUT2D eigenvalue weighted by Crippen LogP contribution is 2.30. The van der Waals surface area contributed by atoms with Gasteiger partial charge in [-0.2, -0.15) is 0 Å². The van der Waals surface area contributed by atoms with Crippen LogP contribution in [0, 0.1) is 5.92 Å². The molecule has 1 aliphatic carbocycles. The van der Waals surface area contributed by atoms with Crippen molar-refractivity contribution in [3.05, 3.63) is 0 Å². The maximum atomic E-state index is 10.4. The summed E-state index contributed by atoms with van der Waals surface area (Å²) in [7, 11) is 0. The third-order valence-electron chi connectivity index (χ3n) is 3.00. The fraction of sp³-hybridized carbons (Fsp3) is 0.909. The van der Waals surface area contributed by atoms with E-state index in [4.69, 9.17) is 5.11 Å². The van der Waals surface area contributed by atoms with Crippen molar-refractivity contribution in [1.29, 1.82) is 0 Å². The van der Waals surface area contributed by atoms with Gasteiger partial charge in [-0.05, 0) is 38.6 Å². The zero-order chi connectivity index (χ0) is 10.6. The summed E-state index contributed by atoms with van der Waals surface area (Å²) in [5.41, 5.74) is 0. The van der Waals surface area contributed by atoms with Crippen LogP contribution in [-0.2, 0) is 4.79 Å². The summed E-state index contributed by atoms with van der Waals surface area (Å²) in [6, 6.07) is 0.414. The van der Waals surface area contributed by atoms with Gasteiger partial charge in [0, 0.05) is 19.0 Å². The molecule has 3 nitrogen and oxygen atoms in total. The van der Waals surface area contributed by atoms with Gasteiger partial charge in [0.1, 0.15) is 0 Å². The molecule has 0 heterocycles. The molecular formula is C11H21NO2. The minimum absolute atomic E-state index is 0.294. The maximum Gasteiger partial charge on any atom is 0.303 e. The van der Waals surface area contributed by atoms with E-state index in [1.165, 1.54) is 12.8 Å². The van der Waals surface area contributed by atoms with Crippen LogP contribution in [0.25, 0.3) is 0 Å². The van der Waals surface area contributed by atoms with Crippen molar-refractivity contribution in [2.45, 2.75) is 45.6 Å². The molecule has 0 aromatic heterocycles. The van der Waals surface area contributed by atoms with Gasteiger partial charge < -0.3 is 10.0 Å². The fourth-order valence-corrected chi connectivity index (χ4v) is 1.77. The number of rotatable bonds is 7. The van der Waals surface area contributed by atoms with Crippen molar-refractivity contribution in [3.63, 3.8) is 0 Å². The maximum absolute atomic E-state index is 10.4. The Hall–Kier alpha value is -0.570. The number of carboxylic acids is 1. The third-order valence-corrected chi connectivity index (χ3v) is 3.00. The van der Waals surface area contributed by atoms with Crippen LogP contribution in [0.2, 0.25) is 0 Å². The predicted molar refractivity (Wildman–Crippen MR) is 56.3 cm³/mol. The molecule has 1 aliphatic rings. The second kappa shape index (κ2) is 5.35. The molecule has 0 bridgehead atoms. The van der Waals surface area contributed by atoms with Crippen molar-refractivity contribution in [2.24, 2.45) is 5.92 Å². The van der Waals surface area contributed by atoms with Crippen molar-refractivity contribution >= 4 is 5.97 Å². The van der Waals surface area contributed by atoms with Crippen LogP contribution in [-0.4, -0.2) is 35.1 Å². The first-order valence-corrected chi connectivity index (χ1v) is 5.59. The van der Waals surface area contributed by atoms with Crippen LogP contribution in [0.4, 0.5) is 0 Å². The predicted octanol–water partition coefficient (Wildman–Crippen LogP) is 1.97. The third kappa shape index (κ3) is 4.09. The average molecular weight is 199 g/mol. The van der Waals surface area contributed by atoms with Crippen molar-refractivity contribution in [2.75, 3.05) is 13.1 Å². The lowest BCUT2D eigenvalue weighted by Crippen LogP contribution is -2.35. The topological polar surface area (TPSA) is 40.5 Å². The van der Waals surface area contributed by atoms with Gasteiger partial charge in [0.2, 0.25) is 0 Å². The zero-order valence-electron chi connectivity index (χ0n) is 9.20. The summed E-state index contributed by atoms with van der Waals surface area (Å²) in [6.07, 6.45) is 3.79. The highest BCUT2D eigenvalue weighted by Gasteiger charge is 2.25. The van der Waals surface area contributed by atoms with Gasteiger partial charge in [-0.1, -0.05) is 6.92 Å². The van der Waals surface area contributed by atoms with Gasteiger partial charge in [-0.3, -0.25) is 4.79 Å². The SMILES string of the molecule is CCN(CC1CC1)C(C)CCC(=O)O.